The summed E-state index contributed by atoms with van der Waals surface area (Å²) < 4.78 is 0. The van der Waals surface area contributed by atoms with Gasteiger partial charge in [-0.15, -0.1) is 0 Å². The molecule has 0 bridgehead atoms. The van der Waals surface area contributed by atoms with Gasteiger partial charge in [0.2, 0.25) is 5.91 Å². The third kappa shape index (κ3) is 3.11. The first-order valence-electron chi connectivity index (χ1n) is 7.30. The third-order valence-corrected chi connectivity index (χ3v) is 4.60. The zero-order valence-corrected chi connectivity index (χ0v) is 11.8. The van der Waals surface area contributed by atoms with Crippen molar-refractivity contribution in [2.75, 3.05) is 0 Å². The van der Waals surface area contributed by atoms with Crippen LogP contribution in [0.3, 0.4) is 0 Å². The van der Waals surface area contributed by atoms with Gasteiger partial charge in [0.1, 0.15) is 0 Å². The molecular formula is C16H20ClNO. The van der Waals surface area contributed by atoms with Crippen molar-refractivity contribution >= 4 is 17.5 Å². The number of benzene rings is 1. The zero-order chi connectivity index (χ0) is 13.2. The molecule has 0 saturated heterocycles. The predicted molar refractivity (Wildman–Crippen MR) is 77.0 cm³/mol. The summed E-state index contributed by atoms with van der Waals surface area (Å²) in [5.74, 6) is 1.12. The molecule has 0 aromatic heterocycles. The van der Waals surface area contributed by atoms with E-state index in [0.29, 0.717) is 5.92 Å². The Hall–Kier alpha value is -1.02. The maximum Gasteiger partial charge on any atom is 0.223 e. The maximum atomic E-state index is 12.3. The van der Waals surface area contributed by atoms with Crippen LogP contribution in [0.1, 0.15) is 50.1 Å². The average molecular weight is 278 g/mol. The van der Waals surface area contributed by atoms with Gasteiger partial charge in [-0.05, 0) is 49.3 Å². The molecular weight excluding hydrogens is 258 g/mol. The van der Waals surface area contributed by atoms with Crippen molar-refractivity contribution in [3.05, 3.63) is 34.9 Å². The van der Waals surface area contributed by atoms with Gasteiger partial charge in [0.25, 0.3) is 0 Å². The summed E-state index contributed by atoms with van der Waals surface area (Å²) in [5.41, 5.74) is 1.19. The Morgan fingerprint density at radius 1 is 1.11 bits per heavy atom. The quantitative estimate of drug-likeness (QED) is 0.882. The summed E-state index contributed by atoms with van der Waals surface area (Å²) >= 11 is 5.93. The Morgan fingerprint density at radius 3 is 2.32 bits per heavy atom. The van der Waals surface area contributed by atoms with Crippen LogP contribution in [0, 0.1) is 11.8 Å². The monoisotopic (exact) mass is 277 g/mol. The van der Waals surface area contributed by atoms with Crippen LogP contribution in [0.4, 0.5) is 0 Å². The third-order valence-electron chi connectivity index (χ3n) is 4.35. The topological polar surface area (TPSA) is 29.1 Å². The Balaban J connectivity index is 1.70. The van der Waals surface area contributed by atoms with Crippen molar-refractivity contribution in [2.24, 2.45) is 11.8 Å². The second kappa shape index (κ2) is 5.54. The van der Waals surface area contributed by atoms with Crippen LogP contribution in [0.15, 0.2) is 24.3 Å². The summed E-state index contributed by atoms with van der Waals surface area (Å²) in [6, 6.07) is 8.09. The fraction of sp³-hybridized carbons (Fsp3) is 0.562. The van der Waals surface area contributed by atoms with Crippen molar-refractivity contribution in [1.29, 1.82) is 0 Å². The van der Waals surface area contributed by atoms with E-state index in [0.717, 1.165) is 17.9 Å². The lowest BCUT2D eigenvalue weighted by Crippen LogP contribution is -2.34. The SMILES string of the molecule is O=C(NC(c1ccc(Cl)cc1)C1CC1)C1CCCC1. The molecule has 0 radical (unpaired) electrons. The molecule has 3 heteroatoms. The Morgan fingerprint density at radius 2 is 1.74 bits per heavy atom. The van der Waals surface area contributed by atoms with Crippen LogP contribution >= 0.6 is 11.6 Å². The smallest absolute Gasteiger partial charge is 0.223 e. The number of carbonyl (C=O) groups excluding carboxylic acids is 1. The lowest BCUT2D eigenvalue weighted by molar-refractivity contribution is -0.125. The van der Waals surface area contributed by atoms with Crippen molar-refractivity contribution in [3.63, 3.8) is 0 Å². The molecule has 2 aliphatic rings. The summed E-state index contributed by atoms with van der Waals surface area (Å²) in [7, 11) is 0. The minimum atomic E-state index is 0.186. The second-order valence-electron chi connectivity index (χ2n) is 5.86. The summed E-state index contributed by atoms with van der Waals surface area (Å²) in [4.78, 5) is 12.3. The number of nitrogens with one attached hydrogen (secondary N) is 1. The number of hydrogen-bond acceptors (Lipinski definition) is 1. The second-order valence-corrected chi connectivity index (χ2v) is 6.29. The van der Waals surface area contributed by atoms with E-state index in [9.17, 15) is 4.79 Å². The van der Waals surface area contributed by atoms with Crippen molar-refractivity contribution in [2.45, 2.75) is 44.6 Å². The van der Waals surface area contributed by atoms with E-state index in [4.69, 9.17) is 11.6 Å². The van der Waals surface area contributed by atoms with Crippen LogP contribution < -0.4 is 5.32 Å². The van der Waals surface area contributed by atoms with Gasteiger partial charge < -0.3 is 5.32 Å². The minimum absolute atomic E-state index is 0.186. The molecule has 1 unspecified atom stereocenters. The molecule has 2 nitrogen and oxygen atoms in total. The van der Waals surface area contributed by atoms with E-state index in [2.05, 4.69) is 5.32 Å². The first kappa shape index (κ1) is 13.0. The highest BCUT2D eigenvalue weighted by molar-refractivity contribution is 6.30. The molecule has 2 aliphatic carbocycles. The summed E-state index contributed by atoms with van der Waals surface area (Å²) in [5, 5.41) is 4.03. The van der Waals surface area contributed by atoms with Crippen LogP contribution in [-0.4, -0.2) is 5.91 Å². The van der Waals surface area contributed by atoms with E-state index in [1.54, 1.807) is 0 Å². The minimum Gasteiger partial charge on any atom is -0.349 e. The number of rotatable bonds is 4. The first-order valence-corrected chi connectivity index (χ1v) is 7.67. The standard InChI is InChI=1S/C16H20ClNO/c17-14-9-7-12(8-10-14)15(11-5-6-11)18-16(19)13-3-1-2-4-13/h7-11,13,15H,1-6H2,(H,18,19). The molecule has 1 amide bonds. The molecule has 1 aromatic carbocycles. The zero-order valence-electron chi connectivity index (χ0n) is 11.1. The summed E-state index contributed by atoms with van der Waals surface area (Å²) in [6.07, 6.45) is 6.96. The van der Waals surface area contributed by atoms with Crippen LogP contribution in [0.25, 0.3) is 0 Å². The van der Waals surface area contributed by atoms with Gasteiger partial charge in [0.05, 0.1) is 6.04 Å². The van der Waals surface area contributed by atoms with Crippen LogP contribution in [-0.2, 0) is 4.79 Å². The largest absolute Gasteiger partial charge is 0.349 e. The number of halogens is 1. The molecule has 0 heterocycles. The van der Waals surface area contributed by atoms with Crippen LogP contribution in [0.5, 0.6) is 0 Å². The first-order chi connectivity index (χ1) is 9.24. The normalized spacial score (nSPS) is 21.3. The Labute approximate surface area is 119 Å². The van der Waals surface area contributed by atoms with Gasteiger partial charge in [-0.25, -0.2) is 0 Å². The van der Waals surface area contributed by atoms with E-state index in [1.165, 1.54) is 31.2 Å². The van der Waals surface area contributed by atoms with Crippen LogP contribution in [0.2, 0.25) is 5.02 Å². The number of carbonyl (C=O) groups is 1. The van der Waals surface area contributed by atoms with Gasteiger partial charge in [-0.2, -0.15) is 0 Å². The van der Waals surface area contributed by atoms with Crippen molar-refractivity contribution < 1.29 is 4.79 Å². The molecule has 0 spiro atoms. The van der Waals surface area contributed by atoms with Crippen molar-refractivity contribution in [3.8, 4) is 0 Å². The lowest BCUT2D eigenvalue weighted by Gasteiger charge is -2.21. The van der Waals surface area contributed by atoms with E-state index in [-0.39, 0.29) is 17.9 Å². The predicted octanol–water partition coefficient (Wildman–Crippen LogP) is 4.10. The summed E-state index contributed by atoms with van der Waals surface area (Å²) in [6.45, 7) is 0. The molecule has 2 saturated carbocycles. The maximum absolute atomic E-state index is 12.3. The molecule has 19 heavy (non-hydrogen) atoms. The molecule has 0 aliphatic heterocycles. The fourth-order valence-electron chi connectivity index (χ4n) is 3.03. The Bertz CT molecular complexity index is 446. The number of hydrogen-bond donors (Lipinski definition) is 1. The molecule has 1 N–H and O–H groups in total. The molecule has 1 aromatic rings. The van der Waals surface area contributed by atoms with E-state index in [1.807, 2.05) is 24.3 Å². The van der Waals surface area contributed by atoms with E-state index >= 15 is 0 Å². The van der Waals surface area contributed by atoms with Gasteiger partial charge in [-0.1, -0.05) is 36.6 Å². The van der Waals surface area contributed by atoms with Crippen molar-refractivity contribution in [1.82, 2.24) is 5.32 Å². The van der Waals surface area contributed by atoms with E-state index < -0.39 is 0 Å². The van der Waals surface area contributed by atoms with Gasteiger partial charge in [-0.3, -0.25) is 4.79 Å². The number of amides is 1. The van der Waals surface area contributed by atoms with Gasteiger partial charge in [0.15, 0.2) is 0 Å². The highest BCUT2D eigenvalue weighted by atomic mass is 35.5. The fourth-order valence-corrected chi connectivity index (χ4v) is 3.16. The average Bonchev–Trinajstić information content (AvgIpc) is 3.10. The molecule has 1 atom stereocenters. The molecule has 2 fully saturated rings. The van der Waals surface area contributed by atoms with Gasteiger partial charge >= 0.3 is 0 Å². The highest BCUT2D eigenvalue weighted by Gasteiger charge is 2.35. The highest BCUT2D eigenvalue weighted by Crippen LogP contribution is 2.41. The van der Waals surface area contributed by atoms with Gasteiger partial charge in [0, 0.05) is 10.9 Å². The molecule has 3 rings (SSSR count). The molecule has 102 valence electrons. The Kier molecular flexibility index (Phi) is 3.79. The lowest BCUT2D eigenvalue weighted by atomic mass is 10.0.